The fourth-order valence-electron chi connectivity index (χ4n) is 1.85. The van der Waals surface area contributed by atoms with Gasteiger partial charge >= 0.3 is 5.97 Å². The molecule has 1 atom stereocenters. The van der Waals surface area contributed by atoms with Crippen LogP contribution in [0.25, 0.3) is 0 Å². The van der Waals surface area contributed by atoms with Gasteiger partial charge in [-0.2, -0.15) is 0 Å². The monoisotopic (exact) mass is 274 g/mol. The molecule has 0 aliphatic heterocycles. The quantitative estimate of drug-likeness (QED) is 0.488. The van der Waals surface area contributed by atoms with E-state index < -0.39 is 17.0 Å². The number of nitro groups is 1. The van der Waals surface area contributed by atoms with Gasteiger partial charge in [0.1, 0.15) is 11.8 Å². The highest BCUT2D eigenvalue weighted by molar-refractivity contribution is 5.87. The first-order valence-corrected chi connectivity index (χ1v) is 6.05. The summed E-state index contributed by atoms with van der Waals surface area (Å²) in [6, 6.07) is 9.46. The van der Waals surface area contributed by atoms with Crippen LogP contribution in [-0.4, -0.2) is 15.5 Å². The minimum atomic E-state index is -0.558. The lowest BCUT2D eigenvalue weighted by Crippen LogP contribution is -2.12. The molecule has 6 heteroatoms. The zero-order valence-corrected chi connectivity index (χ0v) is 11.1. The summed E-state index contributed by atoms with van der Waals surface area (Å²) in [4.78, 5) is 22.2. The Hall–Kier alpha value is -2.63. The van der Waals surface area contributed by atoms with Crippen molar-refractivity contribution in [3.05, 3.63) is 64.0 Å². The minimum Gasteiger partial charge on any atom is -0.453 e. The largest absolute Gasteiger partial charge is 0.453 e. The van der Waals surface area contributed by atoms with Gasteiger partial charge in [-0.1, -0.05) is 12.1 Å². The topological polar surface area (TPSA) is 74.4 Å². The number of aryl methyl sites for hydroxylation is 1. The lowest BCUT2D eigenvalue weighted by molar-refractivity contribution is -0.385. The van der Waals surface area contributed by atoms with Crippen LogP contribution in [-0.2, 0) is 11.8 Å². The van der Waals surface area contributed by atoms with Crippen LogP contribution in [0.1, 0.15) is 29.1 Å². The summed E-state index contributed by atoms with van der Waals surface area (Å²) in [5.74, 6) is -0.462. The van der Waals surface area contributed by atoms with E-state index in [0.29, 0.717) is 11.3 Å². The zero-order chi connectivity index (χ0) is 14.7. The molecular weight excluding hydrogens is 260 g/mol. The number of hydrogen-bond donors (Lipinski definition) is 0. The maximum Gasteiger partial charge on any atom is 0.355 e. The van der Waals surface area contributed by atoms with Crippen molar-refractivity contribution in [1.82, 2.24) is 4.57 Å². The highest BCUT2D eigenvalue weighted by atomic mass is 16.6. The molecular formula is C14H14N2O4. The lowest BCUT2D eigenvalue weighted by Gasteiger charge is -2.13. The third-order valence-electron chi connectivity index (χ3n) is 2.99. The Morgan fingerprint density at radius 3 is 2.70 bits per heavy atom. The van der Waals surface area contributed by atoms with Crippen molar-refractivity contribution in [2.75, 3.05) is 0 Å². The molecule has 0 bridgehead atoms. The molecule has 0 saturated carbocycles. The van der Waals surface area contributed by atoms with Crippen molar-refractivity contribution in [3.8, 4) is 0 Å². The molecule has 0 radical (unpaired) electrons. The number of nitrogens with zero attached hydrogens (tertiary/aromatic N) is 2. The maximum atomic E-state index is 12.0. The van der Waals surface area contributed by atoms with Crippen molar-refractivity contribution in [1.29, 1.82) is 0 Å². The van der Waals surface area contributed by atoms with Crippen molar-refractivity contribution in [2.24, 2.45) is 7.05 Å². The first-order valence-electron chi connectivity index (χ1n) is 6.05. The summed E-state index contributed by atoms with van der Waals surface area (Å²) >= 11 is 0. The van der Waals surface area contributed by atoms with Crippen molar-refractivity contribution in [3.63, 3.8) is 0 Å². The number of non-ortho nitro benzene ring substituents is 1. The van der Waals surface area contributed by atoms with Gasteiger partial charge in [-0.15, -0.1) is 0 Å². The number of benzene rings is 1. The Labute approximate surface area is 115 Å². The number of carbonyl (C=O) groups excluding carboxylic acids is 1. The summed E-state index contributed by atoms with van der Waals surface area (Å²) in [6.07, 6.45) is 1.19. The molecule has 1 aromatic heterocycles. The average molecular weight is 274 g/mol. The molecule has 0 amide bonds. The van der Waals surface area contributed by atoms with Crippen LogP contribution in [0, 0.1) is 10.1 Å². The van der Waals surface area contributed by atoms with E-state index in [0.717, 1.165) is 0 Å². The van der Waals surface area contributed by atoms with E-state index in [1.807, 2.05) is 0 Å². The van der Waals surface area contributed by atoms with Crippen LogP contribution in [0.2, 0.25) is 0 Å². The summed E-state index contributed by atoms with van der Waals surface area (Å²) in [7, 11) is 1.74. The summed E-state index contributed by atoms with van der Waals surface area (Å²) in [6.45, 7) is 1.68. The van der Waals surface area contributed by atoms with E-state index in [1.165, 1.54) is 12.1 Å². The first-order chi connectivity index (χ1) is 9.49. The highest BCUT2D eigenvalue weighted by Gasteiger charge is 2.17. The number of rotatable bonds is 4. The molecule has 6 nitrogen and oxygen atoms in total. The van der Waals surface area contributed by atoms with E-state index in [1.54, 1.807) is 49.0 Å². The van der Waals surface area contributed by atoms with Gasteiger partial charge in [-0.05, 0) is 24.6 Å². The number of nitro benzene ring substituents is 1. The van der Waals surface area contributed by atoms with Gasteiger partial charge in [0.05, 0.1) is 4.92 Å². The average Bonchev–Trinajstić information content (AvgIpc) is 2.85. The van der Waals surface area contributed by atoms with E-state index in [-0.39, 0.29) is 5.69 Å². The molecule has 0 aliphatic rings. The van der Waals surface area contributed by atoms with Crippen LogP contribution in [0.4, 0.5) is 5.69 Å². The minimum absolute atomic E-state index is 0.0238. The van der Waals surface area contributed by atoms with E-state index >= 15 is 0 Å². The summed E-state index contributed by atoms with van der Waals surface area (Å²) in [5.41, 5.74) is 0.994. The molecule has 2 aromatic rings. The van der Waals surface area contributed by atoms with Gasteiger partial charge in [0, 0.05) is 25.4 Å². The second-order valence-corrected chi connectivity index (χ2v) is 4.40. The molecule has 2 rings (SSSR count). The number of aromatic nitrogens is 1. The van der Waals surface area contributed by atoms with Crippen molar-refractivity contribution >= 4 is 11.7 Å². The van der Waals surface area contributed by atoms with Crippen molar-refractivity contribution in [2.45, 2.75) is 13.0 Å². The molecule has 1 heterocycles. The molecule has 0 aliphatic carbocycles. The zero-order valence-electron chi connectivity index (χ0n) is 11.1. The van der Waals surface area contributed by atoms with E-state index in [2.05, 4.69) is 0 Å². The van der Waals surface area contributed by atoms with Gasteiger partial charge in [-0.25, -0.2) is 4.79 Å². The Balaban J connectivity index is 2.14. The highest BCUT2D eigenvalue weighted by Crippen LogP contribution is 2.22. The normalized spacial score (nSPS) is 11.9. The molecule has 104 valence electrons. The van der Waals surface area contributed by atoms with Crippen LogP contribution >= 0.6 is 0 Å². The third-order valence-corrected chi connectivity index (χ3v) is 2.99. The Morgan fingerprint density at radius 2 is 2.10 bits per heavy atom. The number of carbonyl (C=O) groups is 1. The maximum absolute atomic E-state index is 12.0. The number of esters is 1. The number of hydrogen-bond acceptors (Lipinski definition) is 4. The molecule has 0 unspecified atom stereocenters. The second-order valence-electron chi connectivity index (χ2n) is 4.40. The van der Waals surface area contributed by atoms with Gasteiger partial charge in [0.25, 0.3) is 5.69 Å². The molecule has 20 heavy (non-hydrogen) atoms. The molecule has 0 N–H and O–H groups in total. The van der Waals surface area contributed by atoms with Crippen LogP contribution in [0.5, 0.6) is 0 Å². The van der Waals surface area contributed by atoms with Gasteiger partial charge < -0.3 is 9.30 Å². The van der Waals surface area contributed by atoms with Crippen LogP contribution < -0.4 is 0 Å². The summed E-state index contributed by atoms with van der Waals surface area (Å²) in [5, 5.41) is 10.7. The Kier molecular flexibility index (Phi) is 3.84. The fourth-order valence-corrected chi connectivity index (χ4v) is 1.85. The van der Waals surface area contributed by atoms with Gasteiger partial charge in [-0.3, -0.25) is 10.1 Å². The standard InChI is InChI=1S/C14H14N2O4/c1-10(11-5-3-6-12(9-11)16(18)19)20-14(17)13-7-4-8-15(13)2/h3-10H,1-2H3/t10-/m1/s1. The molecule has 0 fully saturated rings. The SMILES string of the molecule is C[C@@H](OC(=O)c1cccn1C)c1cccc([N+](=O)[O-])c1. The fraction of sp³-hybridized carbons (Fsp3) is 0.214. The third kappa shape index (κ3) is 2.85. The molecule has 0 saturated heterocycles. The predicted molar refractivity (Wildman–Crippen MR) is 72.3 cm³/mol. The summed E-state index contributed by atoms with van der Waals surface area (Å²) < 4.78 is 6.97. The molecule has 0 spiro atoms. The first kappa shape index (κ1) is 13.8. The van der Waals surface area contributed by atoms with E-state index in [9.17, 15) is 14.9 Å². The van der Waals surface area contributed by atoms with Crippen LogP contribution in [0.15, 0.2) is 42.6 Å². The Bertz CT molecular complexity index is 648. The number of ether oxygens (including phenoxy) is 1. The lowest BCUT2D eigenvalue weighted by atomic mass is 10.1. The Morgan fingerprint density at radius 1 is 1.35 bits per heavy atom. The van der Waals surface area contributed by atoms with E-state index in [4.69, 9.17) is 4.74 Å². The predicted octanol–water partition coefficient (Wildman–Crippen LogP) is 2.85. The smallest absolute Gasteiger partial charge is 0.355 e. The van der Waals surface area contributed by atoms with Gasteiger partial charge in [0.15, 0.2) is 0 Å². The van der Waals surface area contributed by atoms with Crippen LogP contribution in [0.3, 0.4) is 0 Å². The van der Waals surface area contributed by atoms with Gasteiger partial charge in [0.2, 0.25) is 0 Å². The van der Waals surface area contributed by atoms with Crippen molar-refractivity contribution < 1.29 is 14.5 Å². The second kappa shape index (κ2) is 5.56. The molecule has 1 aromatic carbocycles.